The third-order valence-corrected chi connectivity index (χ3v) is 2.82. The Morgan fingerprint density at radius 2 is 1.76 bits per heavy atom. The minimum Gasteiger partial charge on any atom is -0.300 e. The predicted octanol–water partition coefficient (Wildman–Crippen LogP) is 3.65. The molecule has 0 unspecified atom stereocenters. The van der Waals surface area contributed by atoms with Gasteiger partial charge in [-0.15, -0.1) is 12.4 Å². The summed E-state index contributed by atoms with van der Waals surface area (Å²) in [6, 6.07) is 7.60. The van der Waals surface area contributed by atoms with Gasteiger partial charge in [-0.05, 0) is 37.1 Å². The van der Waals surface area contributed by atoms with Gasteiger partial charge in [0.25, 0.3) is 0 Å². The standard InChI is InChI=1S/C12H16ClN3.ClH/c13-10-5-7-11(8-6-10)15-16-12-4-2-1-3-9-14-12;/h5-8,15H,1-4,9H2,(H,14,16);1H. The van der Waals surface area contributed by atoms with Gasteiger partial charge >= 0.3 is 0 Å². The average molecular weight is 274 g/mol. The maximum atomic E-state index is 5.81. The number of aliphatic imine (C=N–C) groups is 1. The minimum absolute atomic E-state index is 0. The molecule has 0 aromatic heterocycles. The van der Waals surface area contributed by atoms with Gasteiger partial charge in [0.15, 0.2) is 0 Å². The number of benzene rings is 1. The van der Waals surface area contributed by atoms with E-state index in [1.165, 1.54) is 19.3 Å². The van der Waals surface area contributed by atoms with E-state index in [-0.39, 0.29) is 12.4 Å². The molecule has 1 aliphatic rings. The van der Waals surface area contributed by atoms with Crippen LogP contribution < -0.4 is 10.9 Å². The number of halogens is 2. The van der Waals surface area contributed by atoms with E-state index >= 15 is 0 Å². The van der Waals surface area contributed by atoms with Gasteiger partial charge < -0.3 is 0 Å². The molecule has 0 spiro atoms. The van der Waals surface area contributed by atoms with Crippen LogP contribution in [0.2, 0.25) is 5.02 Å². The summed E-state index contributed by atoms with van der Waals surface area (Å²) in [5, 5.41) is 0.748. The number of hydrogen-bond acceptors (Lipinski definition) is 3. The minimum atomic E-state index is 0. The number of nitrogens with one attached hydrogen (secondary N) is 2. The molecule has 0 aliphatic carbocycles. The van der Waals surface area contributed by atoms with Crippen LogP contribution in [0.25, 0.3) is 0 Å². The van der Waals surface area contributed by atoms with Crippen LogP contribution in [0.3, 0.4) is 0 Å². The smallest absolute Gasteiger partial charge is 0.115 e. The zero-order valence-electron chi connectivity index (χ0n) is 9.58. The molecular formula is C12H17Cl2N3. The summed E-state index contributed by atoms with van der Waals surface area (Å²) in [4.78, 5) is 4.47. The van der Waals surface area contributed by atoms with Crippen molar-refractivity contribution in [2.24, 2.45) is 4.99 Å². The van der Waals surface area contributed by atoms with Gasteiger partial charge in [0, 0.05) is 18.0 Å². The van der Waals surface area contributed by atoms with Crippen LogP contribution in [-0.4, -0.2) is 12.4 Å². The van der Waals surface area contributed by atoms with Crippen molar-refractivity contribution in [3.05, 3.63) is 29.3 Å². The molecule has 0 bridgehead atoms. The molecular weight excluding hydrogens is 257 g/mol. The second-order valence-electron chi connectivity index (χ2n) is 3.90. The van der Waals surface area contributed by atoms with Gasteiger partial charge in [0.1, 0.15) is 5.84 Å². The molecule has 0 fully saturated rings. The Bertz CT molecular complexity index is 363. The Morgan fingerprint density at radius 3 is 2.53 bits per heavy atom. The fourth-order valence-electron chi connectivity index (χ4n) is 1.65. The Morgan fingerprint density at radius 1 is 1.00 bits per heavy atom. The molecule has 1 aromatic rings. The number of hydrazine groups is 1. The first kappa shape index (κ1) is 14.1. The summed E-state index contributed by atoms with van der Waals surface area (Å²) in [5.74, 6) is 1.05. The molecule has 2 rings (SSSR count). The van der Waals surface area contributed by atoms with Crippen LogP contribution in [0.15, 0.2) is 29.3 Å². The lowest BCUT2D eigenvalue weighted by Crippen LogP contribution is -2.29. The molecule has 5 heteroatoms. The molecule has 2 N–H and O–H groups in total. The van der Waals surface area contributed by atoms with Gasteiger partial charge in [-0.1, -0.05) is 18.0 Å². The highest BCUT2D eigenvalue weighted by molar-refractivity contribution is 6.30. The van der Waals surface area contributed by atoms with Crippen molar-refractivity contribution >= 4 is 35.5 Å². The summed E-state index contributed by atoms with van der Waals surface area (Å²) in [5.41, 5.74) is 7.28. The monoisotopic (exact) mass is 273 g/mol. The maximum Gasteiger partial charge on any atom is 0.115 e. The summed E-state index contributed by atoms with van der Waals surface area (Å²) in [7, 11) is 0. The predicted molar refractivity (Wildman–Crippen MR) is 76.2 cm³/mol. The molecule has 17 heavy (non-hydrogen) atoms. The van der Waals surface area contributed by atoms with E-state index in [1.807, 2.05) is 24.3 Å². The molecule has 1 aromatic carbocycles. The molecule has 1 heterocycles. The highest BCUT2D eigenvalue weighted by Crippen LogP contribution is 2.12. The van der Waals surface area contributed by atoms with Crippen molar-refractivity contribution < 1.29 is 0 Å². The summed E-state index contributed by atoms with van der Waals surface area (Å²) in [6.45, 7) is 0.935. The zero-order valence-corrected chi connectivity index (χ0v) is 11.2. The van der Waals surface area contributed by atoms with Crippen molar-refractivity contribution in [3.8, 4) is 0 Å². The molecule has 94 valence electrons. The SMILES string of the molecule is Cl.Clc1ccc(NNC2=NCCCCC2)cc1. The van der Waals surface area contributed by atoms with Crippen molar-refractivity contribution in [1.82, 2.24) is 5.43 Å². The lowest BCUT2D eigenvalue weighted by molar-refractivity contribution is 0.729. The Labute approximate surface area is 113 Å². The first-order chi connectivity index (χ1) is 7.84. The van der Waals surface area contributed by atoms with E-state index < -0.39 is 0 Å². The average Bonchev–Trinajstić information content (AvgIpc) is 2.57. The summed E-state index contributed by atoms with van der Waals surface area (Å²) >= 11 is 5.81. The first-order valence-electron chi connectivity index (χ1n) is 5.65. The van der Waals surface area contributed by atoms with Crippen LogP contribution in [-0.2, 0) is 0 Å². The molecule has 0 radical (unpaired) electrons. The van der Waals surface area contributed by atoms with Crippen molar-refractivity contribution in [1.29, 1.82) is 0 Å². The van der Waals surface area contributed by atoms with E-state index in [4.69, 9.17) is 11.6 Å². The fourth-order valence-corrected chi connectivity index (χ4v) is 1.78. The molecule has 1 aliphatic heterocycles. The molecule has 0 amide bonds. The van der Waals surface area contributed by atoms with Crippen LogP contribution in [0.5, 0.6) is 0 Å². The van der Waals surface area contributed by atoms with Gasteiger partial charge in [-0.2, -0.15) is 0 Å². The molecule has 0 atom stereocenters. The normalized spacial score (nSPS) is 15.2. The first-order valence-corrected chi connectivity index (χ1v) is 6.03. The van der Waals surface area contributed by atoms with Gasteiger partial charge in [0.2, 0.25) is 0 Å². The van der Waals surface area contributed by atoms with Crippen molar-refractivity contribution in [2.75, 3.05) is 12.0 Å². The number of nitrogens with zero attached hydrogens (tertiary/aromatic N) is 1. The van der Waals surface area contributed by atoms with Crippen molar-refractivity contribution in [2.45, 2.75) is 25.7 Å². The molecule has 0 saturated heterocycles. The number of anilines is 1. The highest BCUT2D eigenvalue weighted by atomic mass is 35.5. The number of amidine groups is 1. The maximum absolute atomic E-state index is 5.81. The largest absolute Gasteiger partial charge is 0.300 e. The van der Waals surface area contributed by atoms with E-state index in [1.54, 1.807) is 0 Å². The number of hydrogen-bond donors (Lipinski definition) is 2. The highest BCUT2D eigenvalue weighted by Gasteiger charge is 2.02. The van der Waals surface area contributed by atoms with Crippen LogP contribution in [0, 0.1) is 0 Å². The Hall–Kier alpha value is -0.930. The lowest BCUT2D eigenvalue weighted by atomic mass is 10.2. The topological polar surface area (TPSA) is 36.4 Å². The van der Waals surface area contributed by atoms with Crippen molar-refractivity contribution in [3.63, 3.8) is 0 Å². The zero-order chi connectivity index (χ0) is 11.2. The van der Waals surface area contributed by atoms with Gasteiger partial charge in [-0.25, -0.2) is 0 Å². The second kappa shape index (κ2) is 7.41. The fraction of sp³-hybridized carbons (Fsp3) is 0.417. The van der Waals surface area contributed by atoms with Gasteiger partial charge in [0.05, 0.1) is 5.69 Å². The quantitative estimate of drug-likeness (QED) is 0.807. The van der Waals surface area contributed by atoms with Crippen LogP contribution in [0.1, 0.15) is 25.7 Å². The molecule has 3 nitrogen and oxygen atoms in total. The third kappa shape index (κ3) is 4.84. The third-order valence-electron chi connectivity index (χ3n) is 2.57. The van der Waals surface area contributed by atoms with Crippen LogP contribution in [0.4, 0.5) is 5.69 Å². The second-order valence-corrected chi connectivity index (χ2v) is 4.33. The van der Waals surface area contributed by atoms with Crippen LogP contribution >= 0.6 is 24.0 Å². The van der Waals surface area contributed by atoms with E-state index in [9.17, 15) is 0 Å². The Balaban J connectivity index is 0.00000144. The Kier molecular flexibility index (Phi) is 6.16. The van der Waals surface area contributed by atoms with E-state index in [2.05, 4.69) is 15.8 Å². The van der Waals surface area contributed by atoms with Gasteiger partial charge in [-0.3, -0.25) is 15.8 Å². The lowest BCUT2D eigenvalue weighted by Gasteiger charge is -2.10. The number of rotatable bonds is 2. The van der Waals surface area contributed by atoms with E-state index in [0.29, 0.717) is 0 Å². The summed E-state index contributed by atoms with van der Waals surface area (Å²) < 4.78 is 0. The van der Waals surface area contributed by atoms with E-state index in [0.717, 1.165) is 29.5 Å². The molecule has 0 saturated carbocycles. The summed E-state index contributed by atoms with van der Waals surface area (Å²) in [6.07, 6.45) is 4.72.